The average Bonchev–Trinajstić information content (AvgIpc) is 3.02. The topological polar surface area (TPSA) is 106 Å². The van der Waals surface area contributed by atoms with Crippen molar-refractivity contribution in [2.75, 3.05) is 7.11 Å². The summed E-state index contributed by atoms with van der Waals surface area (Å²) in [5.41, 5.74) is 6.62. The molecule has 2 rings (SSSR count). The van der Waals surface area contributed by atoms with Crippen molar-refractivity contribution < 1.29 is 9.53 Å². The Morgan fingerprint density at radius 3 is 2.77 bits per heavy atom. The highest BCUT2D eigenvalue weighted by molar-refractivity contribution is 5.81. The van der Waals surface area contributed by atoms with Crippen LogP contribution in [-0.2, 0) is 11.3 Å². The highest BCUT2D eigenvalue weighted by Crippen LogP contribution is 2.18. The number of benzene rings is 1. The molecule has 1 aromatic carbocycles. The smallest absolute Gasteiger partial charge is 0.237 e. The summed E-state index contributed by atoms with van der Waals surface area (Å²) < 4.78 is 5.11. The molecule has 0 saturated heterocycles. The molecule has 0 bridgehead atoms. The van der Waals surface area contributed by atoms with E-state index in [0.717, 1.165) is 17.7 Å². The molecular weight excluding hydrogens is 282 g/mol. The highest BCUT2D eigenvalue weighted by atomic mass is 16.5. The van der Waals surface area contributed by atoms with E-state index in [4.69, 9.17) is 10.5 Å². The van der Waals surface area contributed by atoms with Gasteiger partial charge in [-0.05, 0) is 30.7 Å². The number of carbonyl (C=O) groups excluding carboxylic acids is 1. The van der Waals surface area contributed by atoms with Gasteiger partial charge in [0.05, 0.1) is 19.7 Å². The molecule has 0 spiro atoms. The Bertz CT molecular complexity index is 609. The number of hydrogen-bond acceptors (Lipinski definition) is 5. The van der Waals surface area contributed by atoms with Crippen molar-refractivity contribution in [2.24, 2.45) is 5.73 Å². The number of aromatic nitrogens is 3. The predicted molar refractivity (Wildman–Crippen MR) is 83.1 cm³/mol. The minimum Gasteiger partial charge on any atom is -0.497 e. The average molecular weight is 303 g/mol. The molecule has 0 radical (unpaired) electrons. The molecule has 1 atom stereocenters. The first-order valence-electron chi connectivity index (χ1n) is 7.23. The summed E-state index contributed by atoms with van der Waals surface area (Å²) in [5, 5.41) is 9.70. The fourth-order valence-electron chi connectivity index (χ4n) is 1.99. The molecule has 7 nitrogen and oxygen atoms in total. The van der Waals surface area contributed by atoms with Gasteiger partial charge >= 0.3 is 0 Å². The van der Waals surface area contributed by atoms with E-state index < -0.39 is 6.04 Å². The van der Waals surface area contributed by atoms with E-state index in [0.29, 0.717) is 18.1 Å². The number of nitrogens with two attached hydrogens (primary N) is 1. The molecule has 0 aliphatic carbocycles. The molecule has 1 unspecified atom stereocenters. The molecule has 0 aliphatic heterocycles. The molecule has 0 aliphatic rings. The zero-order valence-electron chi connectivity index (χ0n) is 12.8. The highest BCUT2D eigenvalue weighted by Gasteiger charge is 2.13. The van der Waals surface area contributed by atoms with Crippen LogP contribution in [-0.4, -0.2) is 34.2 Å². The molecule has 1 aromatic heterocycles. The molecule has 0 saturated carbocycles. The first kappa shape index (κ1) is 16.0. The molecule has 1 amide bonds. The Hall–Kier alpha value is -2.41. The van der Waals surface area contributed by atoms with Crippen LogP contribution in [0.4, 0.5) is 0 Å². The summed E-state index contributed by atoms with van der Waals surface area (Å²) in [4.78, 5) is 16.1. The third-order valence-electron chi connectivity index (χ3n) is 3.25. The van der Waals surface area contributed by atoms with Gasteiger partial charge in [-0.2, -0.15) is 5.10 Å². The van der Waals surface area contributed by atoms with E-state index in [1.165, 1.54) is 0 Å². The molecular formula is C15H21N5O2. The number of H-pyrrole nitrogens is 1. The summed E-state index contributed by atoms with van der Waals surface area (Å²) in [7, 11) is 1.62. The summed E-state index contributed by atoms with van der Waals surface area (Å²) >= 11 is 0. The van der Waals surface area contributed by atoms with Gasteiger partial charge in [0.15, 0.2) is 5.82 Å². The lowest BCUT2D eigenvalue weighted by molar-refractivity contribution is -0.122. The number of rotatable bonds is 7. The SMILES string of the molecule is CCCC(N)C(=O)NCc1nc(-c2ccc(OC)cc2)n[nH]1. The van der Waals surface area contributed by atoms with Gasteiger partial charge in [0.25, 0.3) is 0 Å². The second-order valence-corrected chi connectivity index (χ2v) is 4.95. The number of methoxy groups -OCH3 is 1. The van der Waals surface area contributed by atoms with Crippen LogP contribution < -0.4 is 15.8 Å². The quantitative estimate of drug-likeness (QED) is 0.713. The second kappa shape index (κ2) is 7.56. The lowest BCUT2D eigenvalue weighted by Gasteiger charge is -2.09. The van der Waals surface area contributed by atoms with Gasteiger partial charge in [-0.1, -0.05) is 13.3 Å². The maximum atomic E-state index is 11.7. The van der Waals surface area contributed by atoms with E-state index in [9.17, 15) is 4.79 Å². The number of nitrogens with one attached hydrogen (secondary N) is 2. The fraction of sp³-hybridized carbons (Fsp3) is 0.400. The van der Waals surface area contributed by atoms with Crippen molar-refractivity contribution in [1.82, 2.24) is 20.5 Å². The molecule has 22 heavy (non-hydrogen) atoms. The largest absolute Gasteiger partial charge is 0.497 e. The molecule has 118 valence electrons. The Morgan fingerprint density at radius 1 is 1.41 bits per heavy atom. The predicted octanol–water partition coefficient (Wildman–Crippen LogP) is 1.22. The van der Waals surface area contributed by atoms with Crippen LogP contribution in [0, 0.1) is 0 Å². The lowest BCUT2D eigenvalue weighted by atomic mass is 10.2. The maximum absolute atomic E-state index is 11.7. The van der Waals surface area contributed by atoms with Crippen LogP contribution in [0.25, 0.3) is 11.4 Å². The zero-order chi connectivity index (χ0) is 15.9. The Morgan fingerprint density at radius 2 is 2.14 bits per heavy atom. The number of ether oxygens (including phenoxy) is 1. The first-order valence-corrected chi connectivity index (χ1v) is 7.23. The number of amides is 1. The summed E-state index contributed by atoms with van der Waals surface area (Å²) in [5.74, 6) is 1.76. The van der Waals surface area contributed by atoms with Crippen LogP contribution in [0.5, 0.6) is 5.75 Å². The lowest BCUT2D eigenvalue weighted by Crippen LogP contribution is -2.40. The monoisotopic (exact) mass is 303 g/mol. The van der Waals surface area contributed by atoms with Crippen molar-refractivity contribution in [3.05, 3.63) is 30.1 Å². The minimum absolute atomic E-state index is 0.177. The standard InChI is InChI=1S/C15H21N5O2/c1-3-4-12(16)15(21)17-9-13-18-14(20-19-13)10-5-7-11(22-2)8-6-10/h5-8,12H,3-4,9,16H2,1-2H3,(H,17,21)(H,18,19,20). The van der Waals surface area contributed by atoms with E-state index in [2.05, 4.69) is 20.5 Å². The number of nitrogens with zero attached hydrogens (tertiary/aromatic N) is 2. The van der Waals surface area contributed by atoms with Gasteiger partial charge in [-0.3, -0.25) is 9.89 Å². The van der Waals surface area contributed by atoms with Crippen molar-refractivity contribution in [1.29, 1.82) is 0 Å². The number of aromatic amines is 1. The maximum Gasteiger partial charge on any atom is 0.237 e. The van der Waals surface area contributed by atoms with Gasteiger partial charge in [-0.15, -0.1) is 0 Å². The number of carbonyl (C=O) groups is 1. The van der Waals surface area contributed by atoms with Crippen LogP contribution in [0.15, 0.2) is 24.3 Å². The third-order valence-corrected chi connectivity index (χ3v) is 3.25. The molecule has 1 heterocycles. The van der Waals surface area contributed by atoms with E-state index in [1.807, 2.05) is 31.2 Å². The Labute approximate surface area is 129 Å². The van der Waals surface area contributed by atoms with Gasteiger partial charge in [0.1, 0.15) is 11.6 Å². The molecule has 7 heteroatoms. The Kier molecular flexibility index (Phi) is 5.48. The van der Waals surface area contributed by atoms with Crippen LogP contribution >= 0.6 is 0 Å². The normalized spacial score (nSPS) is 12.0. The minimum atomic E-state index is -0.478. The molecule has 0 fully saturated rings. The zero-order valence-corrected chi connectivity index (χ0v) is 12.8. The Balaban J connectivity index is 1.95. The molecule has 4 N–H and O–H groups in total. The summed E-state index contributed by atoms with van der Waals surface area (Å²) in [6.07, 6.45) is 1.54. The second-order valence-electron chi connectivity index (χ2n) is 4.95. The van der Waals surface area contributed by atoms with Crippen molar-refractivity contribution in [3.63, 3.8) is 0 Å². The fourth-order valence-corrected chi connectivity index (χ4v) is 1.99. The van der Waals surface area contributed by atoms with Crippen molar-refractivity contribution >= 4 is 5.91 Å². The van der Waals surface area contributed by atoms with Crippen LogP contribution in [0.1, 0.15) is 25.6 Å². The summed E-state index contributed by atoms with van der Waals surface area (Å²) in [6, 6.07) is 6.96. The van der Waals surface area contributed by atoms with E-state index >= 15 is 0 Å². The number of hydrogen-bond donors (Lipinski definition) is 3. The van der Waals surface area contributed by atoms with Crippen molar-refractivity contribution in [3.8, 4) is 17.1 Å². The van der Waals surface area contributed by atoms with Gasteiger partial charge in [0, 0.05) is 5.56 Å². The first-order chi connectivity index (χ1) is 10.6. The van der Waals surface area contributed by atoms with Gasteiger partial charge in [0.2, 0.25) is 5.91 Å². The van der Waals surface area contributed by atoms with E-state index in [1.54, 1.807) is 7.11 Å². The van der Waals surface area contributed by atoms with E-state index in [-0.39, 0.29) is 12.5 Å². The van der Waals surface area contributed by atoms with Crippen molar-refractivity contribution in [2.45, 2.75) is 32.4 Å². The van der Waals surface area contributed by atoms with Crippen LogP contribution in [0.2, 0.25) is 0 Å². The van der Waals surface area contributed by atoms with Crippen LogP contribution in [0.3, 0.4) is 0 Å². The third kappa shape index (κ3) is 4.05. The van der Waals surface area contributed by atoms with Gasteiger partial charge in [-0.25, -0.2) is 4.98 Å². The van der Waals surface area contributed by atoms with Gasteiger partial charge < -0.3 is 15.8 Å². The molecule has 2 aromatic rings. The summed E-state index contributed by atoms with van der Waals surface area (Å²) in [6.45, 7) is 2.27.